The van der Waals surface area contributed by atoms with Crippen LogP contribution < -0.4 is 10.6 Å². The molecule has 0 radical (unpaired) electrons. The summed E-state index contributed by atoms with van der Waals surface area (Å²) in [5.41, 5.74) is 0.466. The van der Waals surface area contributed by atoms with Crippen molar-refractivity contribution in [1.82, 2.24) is 10.6 Å². The van der Waals surface area contributed by atoms with E-state index in [0.29, 0.717) is 0 Å². The van der Waals surface area contributed by atoms with E-state index >= 15 is 0 Å². The molecule has 1 saturated carbocycles. The van der Waals surface area contributed by atoms with Gasteiger partial charge in [0, 0.05) is 6.04 Å². The van der Waals surface area contributed by atoms with Gasteiger partial charge in [0.1, 0.15) is 6.54 Å². The molecular formula is C16H20N2O4. The highest BCUT2D eigenvalue weighted by Gasteiger charge is 2.20. The zero-order valence-corrected chi connectivity index (χ0v) is 12.3. The summed E-state index contributed by atoms with van der Waals surface area (Å²) in [5.74, 6) is -1.97. The van der Waals surface area contributed by atoms with E-state index < -0.39 is 18.4 Å². The normalized spacial score (nSPS) is 15.1. The van der Waals surface area contributed by atoms with Crippen molar-refractivity contribution in [2.24, 2.45) is 0 Å². The first kappa shape index (κ1) is 16.0. The fourth-order valence-corrected chi connectivity index (χ4v) is 2.64. The Morgan fingerprint density at radius 2 is 1.59 bits per heavy atom. The first-order valence-corrected chi connectivity index (χ1v) is 7.48. The minimum absolute atomic E-state index is 0.149. The molecule has 1 aromatic carbocycles. The second-order valence-corrected chi connectivity index (χ2v) is 5.43. The lowest BCUT2D eigenvalue weighted by Gasteiger charge is -2.23. The molecule has 3 N–H and O–H groups in total. The second kappa shape index (κ2) is 7.59. The van der Waals surface area contributed by atoms with E-state index in [4.69, 9.17) is 5.11 Å². The SMILES string of the molecule is O=C(O)CNC(=O)c1ccccc1C(=O)NC1CCCCC1. The molecule has 1 aliphatic carbocycles. The van der Waals surface area contributed by atoms with E-state index in [2.05, 4.69) is 10.6 Å². The van der Waals surface area contributed by atoms with Crippen molar-refractivity contribution in [2.75, 3.05) is 6.54 Å². The fraction of sp³-hybridized carbons (Fsp3) is 0.438. The number of amides is 2. The van der Waals surface area contributed by atoms with Gasteiger partial charge in [-0.1, -0.05) is 31.4 Å². The van der Waals surface area contributed by atoms with E-state index in [9.17, 15) is 14.4 Å². The largest absolute Gasteiger partial charge is 0.480 e. The Bertz CT molecular complexity index is 565. The van der Waals surface area contributed by atoms with Gasteiger partial charge in [-0.25, -0.2) is 0 Å². The standard InChI is InChI=1S/C16H20N2O4/c19-14(20)10-17-15(21)12-8-4-5-9-13(12)16(22)18-11-6-2-1-3-7-11/h4-5,8-9,11H,1-3,6-7,10H2,(H,17,21)(H,18,22)(H,19,20). The van der Waals surface area contributed by atoms with Gasteiger partial charge in [-0.05, 0) is 25.0 Å². The number of aliphatic carboxylic acids is 1. The summed E-state index contributed by atoms with van der Waals surface area (Å²) in [5, 5.41) is 13.8. The minimum atomic E-state index is -1.13. The summed E-state index contributed by atoms with van der Waals surface area (Å²) in [7, 11) is 0. The quantitative estimate of drug-likeness (QED) is 0.769. The molecule has 2 amide bonds. The predicted molar refractivity (Wildman–Crippen MR) is 80.8 cm³/mol. The maximum absolute atomic E-state index is 12.4. The van der Waals surface area contributed by atoms with Crippen LogP contribution in [0.3, 0.4) is 0 Å². The lowest BCUT2D eigenvalue weighted by atomic mass is 9.95. The number of hydrogen-bond donors (Lipinski definition) is 3. The monoisotopic (exact) mass is 304 g/mol. The minimum Gasteiger partial charge on any atom is -0.480 e. The van der Waals surface area contributed by atoms with Crippen LogP contribution in [0.5, 0.6) is 0 Å². The Labute approximate surface area is 128 Å². The summed E-state index contributed by atoms with van der Waals surface area (Å²) in [6.45, 7) is -0.475. The Morgan fingerprint density at radius 3 is 2.18 bits per heavy atom. The molecule has 0 atom stereocenters. The van der Waals surface area contributed by atoms with E-state index in [-0.39, 0.29) is 23.1 Å². The molecule has 0 spiro atoms. The average molecular weight is 304 g/mol. The van der Waals surface area contributed by atoms with Gasteiger partial charge < -0.3 is 15.7 Å². The maximum Gasteiger partial charge on any atom is 0.322 e. The fourth-order valence-electron chi connectivity index (χ4n) is 2.64. The first-order valence-electron chi connectivity index (χ1n) is 7.48. The maximum atomic E-state index is 12.4. The van der Waals surface area contributed by atoms with Gasteiger partial charge in [-0.3, -0.25) is 14.4 Å². The highest BCUT2D eigenvalue weighted by molar-refractivity contribution is 6.07. The zero-order chi connectivity index (χ0) is 15.9. The molecule has 6 heteroatoms. The van der Waals surface area contributed by atoms with Crippen molar-refractivity contribution in [2.45, 2.75) is 38.1 Å². The number of rotatable bonds is 5. The Balaban J connectivity index is 2.07. The summed E-state index contributed by atoms with van der Waals surface area (Å²) in [4.78, 5) is 34.9. The van der Waals surface area contributed by atoms with E-state index in [1.807, 2.05) is 0 Å². The van der Waals surface area contributed by atoms with Crippen LogP contribution in [-0.4, -0.2) is 35.5 Å². The number of hydrogen-bond acceptors (Lipinski definition) is 3. The van der Waals surface area contributed by atoms with Gasteiger partial charge in [0.2, 0.25) is 0 Å². The van der Waals surface area contributed by atoms with Crippen LogP contribution in [0.2, 0.25) is 0 Å². The van der Waals surface area contributed by atoms with Crippen molar-refractivity contribution in [3.05, 3.63) is 35.4 Å². The van der Waals surface area contributed by atoms with Crippen molar-refractivity contribution in [3.63, 3.8) is 0 Å². The average Bonchev–Trinajstić information content (AvgIpc) is 2.53. The van der Waals surface area contributed by atoms with Crippen LogP contribution in [0.4, 0.5) is 0 Å². The topological polar surface area (TPSA) is 95.5 Å². The molecule has 0 aromatic heterocycles. The molecule has 1 fully saturated rings. The number of nitrogens with one attached hydrogen (secondary N) is 2. The van der Waals surface area contributed by atoms with Gasteiger partial charge in [0.15, 0.2) is 0 Å². The molecule has 0 saturated heterocycles. The van der Waals surface area contributed by atoms with Gasteiger partial charge in [0.05, 0.1) is 11.1 Å². The third-order valence-corrected chi connectivity index (χ3v) is 3.76. The molecular weight excluding hydrogens is 284 g/mol. The molecule has 0 aliphatic heterocycles. The lowest BCUT2D eigenvalue weighted by Crippen LogP contribution is -2.38. The molecule has 1 aliphatic rings. The van der Waals surface area contributed by atoms with E-state index in [1.54, 1.807) is 18.2 Å². The van der Waals surface area contributed by atoms with Crippen molar-refractivity contribution < 1.29 is 19.5 Å². The highest BCUT2D eigenvalue weighted by Crippen LogP contribution is 2.18. The second-order valence-electron chi connectivity index (χ2n) is 5.43. The summed E-state index contributed by atoms with van der Waals surface area (Å²) >= 11 is 0. The van der Waals surface area contributed by atoms with Gasteiger partial charge in [-0.2, -0.15) is 0 Å². The lowest BCUT2D eigenvalue weighted by molar-refractivity contribution is -0.135. The van der Waals surface area contributed by atoms with Gasteiger partial charge in [0.25, 0.3) is 11.8 Å². The smallest absolute Gasteiger partial charge is 0.322 e. The Morgan fingerprint density at radius 1 is 1.00 bits per heavy atom. The molecule has 0 heterocycles. The number of carboxylic acid groups (broad SMARTS) is 1. The first-order chi connectivity index (χ1) is 10.6. The van der Waals surface area contributed by atoms with Gasteiger partial charge in [-0.15, -0.1) is 0 Å². The number of benzene rings is 1. The van der Waals surface area contributed by atoms with Crippen LogP contribution in [0.15, 0.2) is 24.3 Å². The third kappa shape index (κ3) is 4.31. The Hall–Kier alpha value is -2.37. The van der Waals surface area contributed by atoms with E-state index in [0.717, 1.165) is 25.7 Å². The molecule has 22 heavy (non-hydrogen) atoms. The van der Waals surface area contributed by atoms with Crippen molar-refractivity contribution in [3.8, 4) is 0 Å². The number of carboxylic acids is 1. The van der Waals surface area contributed by atoms with Crippen LogP contribution in [0.25, 0.3) is 0 Å². The zero-order valence-electron chi connectivity index (χ0n) is 12.3. The Kier molecular flexibility index (Phi) is 5.52. The van der Waals surface area contributed by atoms with Gasteiger partial charge >= 0.3 is 5.97 Å². The highest BCUT2D eigenvalue weighted by atomic mass is 16.4. The molecule has 0 unspecified atom stereocenters. The van der Waals surface area contributed by atoms with Crippen LogP contribution in [0, 0.1) is 0 Å². The third-order valence-electron chi connectivity index (χ3n) is 3.76. The molecule has 118 valence electrons. The number of carbonyl (C=O) groups excluding carboxylic acids is 2. The van der Waals surface area contributed by atoms with E-state index in [1.165, 1.54) is 12.5 Å². The van der Waals surface area contributed by atoms with Crippen LogP contribution in [0.1, 0.15) is 52.8 Å². The summed E-state index contributed by atoms with van der Waals surface area (Å²) in [6, 6.07) is 6.58. The molecule has 2 rings (SSSR count). The van der Waals surface area contributed by atoms with Crippen LogP contribution in [-0.2, 0) is 4.79 Å². The molecule has 1 aromatic rings. The van der Waals surface area contributed by atoms with Crippen LogP contribution >= 0.6 is 0 Å². The predicted octanol–water partition coefficient (Wildman–Crippen LogP) is 1.56. The van der Waals surface area contributed by atoms with Crippen molar-refractivity contribution >= 4 is 17.8 Å². The summed E-state index contributed by atoms with van der Waals surface area (Å²) in [6.07, 6.45) is 5.32. The molecule has 0 bridgehead atoms. The molecule has 6 nitrogen and oxygen atoms in total. The number of carbonyl (C=O) groups is 3. The summed E-state index contributed by atoms with van der Waals surface area (Å²) < 4.78 is 0. The van der Waals surface area contributed by atoms with Crippen molar-refractivity contribution in [1.29, 1.82) is 0 Å².